The van der Waals surface area contributed by atoms with Gasteiger partial charge < -0.3 is 4.57 Å². The molecule has 11 rings (SSSR count). The van der Waals surface area contributed by atoms with E-state index >= 15 is 0 Å². The van der Waals surface area contributed by atoms with Gasteiger partial charge in [-0.3, -0.25) is 0 Å². The second kappa shape index (κ2) is 12.1. The average molecular weight is 740 g/mol. The molecule has 0 bridgehead atoms. The third-order valence-electron chi connectivity index (χ3n) is 10.8. The molecule has 0 N–H and O–H groups in total. The van der Waals surface area contributed by atoms with Crippen molar-refractivity contribution >= 4 is 94.2 Å². The predicted molar refractivity (Wildman–Crippen MR) is 228 cm³/mol. The van der Waals surface area contributed by atoms with E-state index in [1.165, 1.54) is 73.8 Å². The second-order valence-electron chi connectivity index (χ2n) is 13.7. The van der Waals surface area contributed by atoms with Crippen molar-refractivity contribution in [2.45, 2.75) is 0 Å². The van der Waals surface area contributed by atoms with E-state index in [4.69, 9.17) is 0 Å². The zero-order valence-corrected chi connectivity index (χ0v) is 30.5. The molecule has 0 saturated heterocycles. The van der Waals surface area contributed by atoms with Crippen LogP contribution in [0.25, 0.3) is 79.5 Å². The minimum absolute atomic E-state index is 0.331. The Bertz CT molecular complexity index is 3170. The monoisotopic (exact) mass is 740 g/mol. The minimum Gasteiger partial charge on any atom is -0.0602 e. The topological polar surface area (TPSA) is 8.17 Å². The number of anilines is 3. The molecule has 2 nitrogen and oxygen atoms in total. The molecule has 0 atom stereocenters. The Morgan fingerprint density at radius 3 is 1.83 bits per heavy atom. The molecular formula is C50H32N2Se. The first kappa shape index (κ1) is 30.3. The Balaban J connectivity index is 1.12. The fourth-order valence-corrected chi connectivity index (χ4v) is 10.7. The molecule has 0 unspecified atom stereocenters. The van der Waals surface area contributed by atoms with Crippen molar-refractivity contribution in [3.8, 4) is 16.8 Å². The number of hydrogen-bond acceptors (Lipinski definition) is 1. The van der Waals surface area contributed by atoms with Gasteiger partial charge in [-0.1, -0.05) is 60.7 Å². The molecule has 0 saturated carbocycles. The van der Waals surface area contributed by atoms with Crippen molar-refractivity contribution in [3.63, 3.8) is 0 Å². The fourth-order valence-electron chi connectivity index (χ4n) is 8.31. The number of para-hydroxylation sites is 2. The molecule has 3 heteroatoms. The number of hydrogen-bond donors (Lipinski definition) is 0. The van der Waals surface area contributed by atoms with E-state index in [-0.39, 0.29) is 0 Å². The van der Waals surface area contributed by atoms with Crippen LogP contribution in [0.4, 0.5) is 17.1 Å². The molecular weight excluding hydrogens is 708 g/mol. The van der Waals surface area contributed by atoms with Crippen molar-refractivity contribution in [2.75, 3.05) is 4.90 Å². The number of nitrogens with zero attached hydrogens (tertiary/aromatic N) is 2. The van der Waals surface area contributed by atoms with Crippen LogP contribution in [0.2, 0.25) is 0 Å². The van der Waals surface area contributed by atoms with Gasteiger partial charge in [0.05, 0.1) is 5.52 Å². The molecule has 0 fully saturated rings. The van der Waals surface area contributed by atoms with E-state index in [0.717, 1.165) is 22.7 Å². The summed E-state index contributed by atoms with van der Waals surface area (Å²) in [5, 5.41) is 10.2. The van der Waals surface area contributed by atoms with Gasteiger partial charge in [0.1, 0.15) is 0 Å². The van der Waals surface area contributed by atoms with Crippen molar-refractivity contribution < 1.29 is 0 Å². The van der Waals surface area contributed by atoms with Gasteiger partial charge in [0.2, 0.25) is 0 Å². The summed E-state index contributed by atoms with van der Waals surface area (Å²) in [5.41, 5.74) is 9.47. The molecule has 2 heterocycles. The van der Waals surface area contributed by atoms with E-state index in [2.05, 4.69) is 204 Å². The van der Waals surface area contributed by atoms with E-state index in [9.17, 15) is 0 Å². The van der Waals surface area contributed by atoms with Crippen LogP contribution in [-0.4, -0.2) is 19.1 Å². The molecule has 0 spiro atoms. The quantitative estimate of drug-likeness (QED) is 0.126. The van der Waals surface area contributed by atoms with Gasteiger partial charge in [0, 0.05) is 5.69 Å². The summed E-state index contributed by atoms with van der Waals surface area (Å²) >= 11 is 0.331. The van der Waals surface area contributed by atoms with Crippen LogP contribution >= 0.6 is 0 Å². The Morgan fingerprint density at radius 1 is 0.358 bits per heavy atom. The number of benzene rings is 9. The van der Waals surface area contributed by atoms with Crippen LogP contribution in [0.1, 0.15) is 0 Å². The maximum atomic E-state index is 2.45. The third kappa shape index (κ3) is 4.86. The summed E-state index contributed by atoms with van der Waals surface area (Å²) in [5.74, 6) is 0. The van der Waals surface area contributed by atoms with Gasteiger partial charge in [-0.2, -0.15) is 0 Å². The molecule has 0 radical (unpaired) electrons. The number of rotatable bonds is 5. The van der Waals surface area contributed by atoms with Crippen molar-refractivity contribution in [1.29, 1.82) is 0 Å². The van der Waals surface area contributed by atoms with Crippen LogP contribution in [0.15, 0.2) is 194 Å². The van der Waals surface area contributed by atoms with Crippen molar-refractivity contribution in [2.24, 2.45) is 0 Å². The van der Waals surface area contributed by atoms with E-state index < -0.39 is 0 Å². The van der Waals surface area contributed by atoms with E-state index in [1.807, 2.05) is 0 Å². The van der Waals surface area contributed by atoms with Crippen LogP contribution < -0.4 is 4.90 Å². The summed E-state index contributed by atoms with van der Waals surface area (Å²) < 4.78 is 5.33. The average Bonchev–Trinajstić information content (AvgIpc) is 3.77. The summed E-state index contributed by atoms with van der Waals surface area (Å²) in [6.07, 6.45) is 0. The molecule has 11 aromatic rings. The first-order valence-corrected chi connectivity index (χ1v) is 19.8. The normalized spacial score (nSPS) is 11.8. The molecule has 248 valence electrons. The zero-order valence-electron chi connectivity index (χ0n) is 28.8. The minimum atomic E-state index is 0.331. The Morgan fingerprint density at radius 2 is 0.981 bits per heavy atom. The van der Waals surface area contributed by atoms with Gasteiger partial charge in [0.25, 0.3) is 0 Å². The molecule has 2 aromatic heterocycles. The smallest absolute Gasteiger partial charge is 0.0602 e. The SMILES string of the molecule is c1ccc(-n2c3ccccc3c3cc(N(c4ccc(-c5ccc6c(c5)[se]c5ccccc56)cc4)c4cc5ccccc5c5ccccc45)ccc32)cc1. The molecule has 0 aliphatic heterocycles. The first-order chi connectivity index (χ1) is 26.3. The summed E-state index contributed by atoms with van der Waals surface area (Å²) in [6.45, 7) is 0. The predicted octanol–water partition coefficient (Wildman–Crippen LogP) is 13.6. The maximum absolute atomic E-state index is 2.45. The van der Waals surface area contributed by atoms with Gasteiger partial charge in [-0.15, -0.1) is 0 Å². The summed E-state index contributed by atoms with van der Waals surface area (Å²) in [7, 11) is 0. The Labute approximate surface area is 313 Å². The van der Waals surface area contributed by atoms with E-state index in [1.54, 1.807) is 0 Å². The van der Waals surface area contributed by atoms with Gasteiger partial charge in [0.15, 0.2) is 0 Å². The van der Waals surface area contributed by atoms with Crippen LogP contribution in [0, 0.1) is 0 Å². The van der Waals surface area contributed by atoms with Crippen LogP contribution in [0.5, 0.6) is 0 Å². The molecule has 9 aromatic carbocycles. The third-order valence-corrected chi connectivity index (χ3v) is 13.1. The molecule has 0 aliphatic rings. The standard InChI is InChI=1S/C50H32N2Se/c1-2-13-36(14-3-1)52-46-20-10-8-18-42(46)45-32-38(27-29-47(45)52)51(48-30-35-12-4-5-15-39(35)40-16-6-7-17-41(40)48)37-25-22-33(23-26-37)34-24-28-44-43-19-9-11-21-49(43)53-50(44)31-34/h1-32H. The van der Waals surface area contributed by atoms with Gasteiger partial charge >= 0.3 is 220 Å². The Kier molecular flexibility index (Phi) is 6.91. The number of fused-ring (bicyclic) bond motifs is 9. The van der Waals surface area contributed by atoms with Crippen molar-refractivity contribution in [1.82, 2.24) is 4.57 Å². The molecule has 53 heavy (non-hydrogen) atoms. The second-order valence-corrected chi connectivity index (χ2v) is 16.0. The fraction of sp³-hybridized carbons (Fsp3) is 0. The van der Waals surface area contributed by atoms with Crippen molar-refractivity contribution in [3.05, 3.63) is 194 Å². The van der Waals surface area contributed by atoms with Crippen LogP contribution in [0.3, 0.4) is 0 Å². The first-order valence-electron chi connectivity index (χ1n) is 18.1. The summed E-state index contributed by atoms with van der Waals surface area (Å²) in [4.78, 5) is 2.45. The Hall–Kier alpha value is -6.38. The van der Waals surface area contributed by atoms with Gasteiger partial charge in [-0.25, -0.2) is 0 Å². The zero-order chi connectivity index (χ0) is 34.9. The molecule has 0 amide bonds. The number of aromatic nitrogens is 1. The van der Waals surface area contributed by atoms with E-state index in [0.29, 0.717) is 14.5 Å². The van der Waals surface area contributed by atoms with Gasteiger partial charge in [-0.05, 0) is 18.2 Å². The molecule has 0 aliphatic carbocycles. The van der Waals surface area contributed by atoms with Crippen LogP contribution in [-0.2, 0) is 0 Å². The summed E-state index contributed by atoms with van der Waals surface area (Å²) in [6, 6.07) is 71.4.